The van der Waals surface area contributed by atoms with Gasteiger partial charge >= 0.3 is 0 Å². The highest BCUT2D eigenvalue weighted by Gasteiger charge is 2.39. The summed E-state index contributed by atoms with van der Waals surface area (Å²) in [5.41, 5.74) is 0. The van der Waals surface area contributed by atoms with Gasteiger partial charge in [0.05, 0.1) is 4.90 Å². The summed E-state index contributed by atoms with van der Waals surface area (Å²) in [5.74, 6) is 3.17. The predicted molar refractivity (Wildman–Crippen MR) is 81.6 cm³/mol. The molecule has 1 heterocycles. The number of fused-ring (bicyclic) bond motifs is 3. The van der Waals surface area contributed by atoms with Crippen LogP contribution in [0.15, 0.2) is 23.1 Å². The van der Waals surface area contributed by atoms with Gasteiger partial charge in [0.15, 0.2) is 11.5 Å². The van der Waals surface area contributed by atoms with Crippen molar-refractivity contribution in [2.75, 3.05) is 19.8 Å². The van der Waals surface area contributed by atoms with E-state index in [9.17, 15) is 8.42 Å². The summed E-state index contributed by atoms with van der Waals surface area (Å²) in [5, 5.41) is 0. The molecule has 22 heavy (non-hydrogen) atoms. The van der Waals surface area contributed by atoms with Crippen molar-refractivity contribution in [1.82, 2.24) is 4.72 Å². The number of sulfonamides is 1. The van der Waals surface area contributed by atoms with Gasteiger partial charge in [-0.3, -0.25) is 0 Å². The Kier molecular flexibility index (Phi) is 3.53. The fraction of sp³-hybridized carbons (Fsp3) is 0.625. The lowest BCUT2D eigenvalue weighted by molar-refractivity contribution is 0.171. The van der Waals surface area contributed by atoms with Gasteiger partial charge in [0.25, 0.3) is 0 Å². The van der Waals surface area contributed by atoms with Gasteiger partial charge in [-0.25, -0.2) is 13.1 Å². The third kappa shape index (κ3) is 2.58. The van der Waals surface area contributed by atoms with Crippen molar-refractivity contribution in [3.8, 4) is 11.5 Å². The Morgan fingerprint density at radius 2 is 1.91 bits per heavy atom. The molecule has 3 atom stereocenters. The largest absolute Gasteiger partial charge is 0.486 e. The normalized spacial score (nSPS) is 29.7. The fourth-order valence-corrected chi connectivity index (χ4v) is 5.23. The number of nitrogens with one attached hydrogen (secondary N) is 1. The Balaban J connectivity index is 1.46. The smallest absolute Gasteiger partial charge is 0.240 e. The van der Waals surface area contributed by atoms with Crippen LogP contribution in [-0.2, 0) is 10.0 Å². The van der Waals surface area contributed by atoms with Gasteiger partial charge in [0.1, 0.15) is 13.2 Å². The van der Waals surface area contributed by atoms with Crippen LogP contribution in [0.2, 0.25) is 0 Å². The number of ether oxygens (including phenoxy) is 2. The first-order chi connectivity index (χ1) is 10.6. The van der Waals surface area contributed by atoms with Crippen molar-refractivity contribution >= 4 is 10.0 Å². The second-order valence-corrected chi connectivity index (χ2v) is 8.36. The topological polar surface area (TPSA) is 64.6 Å². The number of rotatable bonds is 4. The Bertz CT molecular complexity index is 673. The van der Waals surface area contributed by atoms with E-state index in [0.717, 1.165) is 5.92 Å². The van der Waals surface area contributed by atoms with E-state index in [0.29, 0.717) is 43.1 Å². The van der Waals surface area contributed by atoms with Crippen LogP contribution in [0.4, 0.5) is 0 Å². The molecule has 6 heteroatoms. The first kappa shape index (κ1) is 14.3. The second kappa shape index (κ2) is 5.42. The molecule has 0 spiro atoms. The quantitative estimate of drug-likeness (QED) is 0.922. The number of benzene rings is 1. The molecule has 0 aromatic heterocycles. The van der Waals surface area contributed by atoms with E-state index in [-0.39, 0.29) is 4.90 Å². The van der Waals surface area contributed by atoms with Crippen molar-refractivity contribution in [3.63, 3.8) is 0 Å². The van der Waals surface area contributed by atoms with E-state index >= 15 is 0 Å². The second-order valence-electron chi connectivity index (χ2n) is 6.59. The third-order valence-electron chi connectivity index (χ3n) is 5.24. The van der Waals surface area contributed by atoms with Crippen LogP contribution >= 0.6 is 0 Å². The molecule has 120 valence electrons. The summed E-state index contributed by atoms with van der Waals surface area (Å²) < 4.78 is 38.6. The zero-order chi connectivity index (χ0) is 15.2. The SMILES string of the molecule is O=S(=O)(NC[C@H]1C[C@H]2CC[C@H]1C2)c1ccc2c(c1)OCCO2. The van der Waals surface area contributed by atoms with Crippen LogP contribution in [0.1, 0.15) is 25.7 Å². The van der Waals surface area contributed by atoms with Gasteiger partial charge in [-0.1, -0.05) is 6.42 Å². The van der Waals surface area contributed by atoms with Gasteiger partial charge in [0, 0.05) is 12.6 Å². The van der Waals surface area contributed by atoms with Crippen LogP contribution in [0, 0.1) is 17.8 Å². The van der Waals surface area contributed by atoms with Crippen molar-refractivity contribution < 1.29 is 17.9 Å². The lowest BCUT2D eigenvalue weighted by Crippen LogP contribution is -2.31. The predicted octanol–water partition coefficient (Wildman–Crippen LogP) is 2.17. The highest BCUT2D eigenvalue weighted by atomic mass is 32.2. The lowest BCUT2D eigenvalue weighted by Gasteiger charge is -2.22. The average Bonchev–Trinajstić information content (AvgIpc) is 3.15. The van der Waals surface area contributed by atoms with Crippen molar-refractivity contribution in [1.29, 1.82) is 0 Å². The Hall–Kier alpha value is -1.27. The monoisotopic (exact) mass is 323 g/mol. The average molecular weight is 323 g/mol. The molecule has 1 N–H and O–H groups in total. The molecule has 4 rings (SSSR count). The van der Waals surface area contributed by atoms with Crippen LogP contribution in [-0.4, -0.2) is 28.2 Å². The maximum absolute atomic E-state index is 12.5. The Morgan fingerprint density at radius 3 is 2.64 bits per heavy atom. The molecular formula is C16H21NO4S. The van der Waals surface area contributed by atoms with E-state index < -0.39 is 10.0 Å². The van der Waals surface area contributed by atoms with Gasteiger partial charge in [-0.05, 0) is 49.1 Å². The van der Waals surface area contributed by atoms with Crippen LogP contribution in [0.3, 0.4) is 0 Å². The van der Waals surface area contributed by atoms with E-state index in [1.165, 1.54) is 25.7 Å². The number of hydrogen-bond donors (Lipinski definition) is 1. The minimum atomic E-state index is -3.48. The van der Waals surface area contributed by atoms with Crippen molar-refractivity contribution in [2.24, 2.45) is 17.8 Å². The van der Waals surface area contributed by atoms with E-state index in [4.69, 9.17) is 9.47 Å². The molecule has 2 fully saturated rings. The Morgan fingerprint density at radius 1 is 1.09 bits per heavy atom. The molecule has 3 aliphatic rings. The number of hydrogen-bond acceptors (Lipinski definition) is 4. The first-order valence-corrected chi connectivity index (χ1v) is 9.49. The van der Waals surface area contributed by atoms with Gasteiger partial charge in [0.2, 0.25) is 10.0 Å². The minimum absolute atomic E-state index is 0.250. The molecule has 5 nitrogen and oxygen atoms in total. The van der Waals surface area contributed by atoms with Gasteiger partial charge < -0.3 is 9.47 Å². The van der Waals surface area contributed by atoms with Gasteiger partial charge in [-0.2, -0.15) is 0 Å². The molecule has 0 amide bonds. The molecule has 1 aromatic carbocycles. The summed E-state index contributed by atoms with van der Waals surface area (Å²) in [4.78, 5) is 0.250. The molecule has 0 unspecified atom stereocenters. The zero-order valence-electron chi connectivity index (χ0n) is 12.5. The Labute approximate surface area is 131 Å². The molecule has 1 aromatic rings. The standard InChI is InChI=1S/C16H21NO4S/c18-22(19,17-10-13-8-11-1-2-12(13)7-11)14-3-4-15-16(9-14)21-6-5-20-15/h3-4,9,11-13,17H,1-2,5-8,10H2/t11-,12-,13+/m0/s1. The summed E-state index contributed by atoms with van der Waals surface area (Å²) in [7, 11) is -3.48. The van der Waals surface area contributed by atoms with Crippen LogP contribution in [0.5, 0.6) is 11.5 Å². The fourth-order valence-electron chi connectivity index (χ4n) is 4.12. The van der Waals surface area contributed by atoms with Crippen molar-refractivity contribution in [2.45, 2.75) is 30.6 Å². The van der Waals surface area contributed by atoms with E-state index in [1.54, 1.807) is 18.2 Å². The molecule has 0 radical (unpaired) electrons. The minimum Gasteiger partial charge on any atom is -0.486 e. The van der Waals surface area contributed by atoms with E-state index in [2.05, 4.69) is 4.72 Å². The highest BCUT2D eigenvalue weighted by Crippen LogP contribution is 2.48. The molecule has 0 saturated heterocycles. The third-order valence-corrected chi connectivity index (χ3v) is 6.67. The summed E-state index contributed by atoms with van der Waals surface area (Å²) in [6, 6.07) is 4.80. The lowest BCUT2D eigenvalue weighted by atomic mass is 9.89. The molecule has 1 aliphatic heterocycles. The van der Waals surface area contributed by atoms with Crippen molar-refractivity contribution in [3.05, 3.63) is 18.2 Å². The van der Waals surface area contributed by atoms with Crippen LogP contribution in [0.25, 0.3) is 0 Å². The molecule has 2 saturated carbocycles. The first-order valence-electron chi connectivity index (χ1n) is 8.01. The summed E-state index contributed by atoms with van der Waals surface area (Å²) >= 11 is 0. The molecule has 2 aliphatic carbocycles. The van der Waals surface area contributed by atoms with Gasteiger partial charge in [-0.15, -0.1) is 0 Å². The summed E-state index contributed by atoms with van der Waals surface area (Å²) in [6.45, 7) is 1.51. The summed E-state index contributed by atoms with van der Waals surface area (Å²) in [6.07, 6.45) is 5.06. The van der Waals surface area contributed by atoms with E-state index in [1.807, 2.05) is 0 Å². The maximum Gasteiger partial charge on any atom is 0.240 e. The zero-order valence-corrected chi connectivity index (χ0v) is 13.3. The maximum atomic E-state index is 12.5. The molecular weight excluding hydrogens is 302 g/mol. The highest BCUT2D eigenvalue weighted by molar-refractivity contribution is 7.89. The molecule has 2 bridgehead atoms. The van der Waals surface area contributed by atoms with Crippen LogP contribution < -0.4 is 14.2 Å².